The standard InChI is InChI=1S/C39H28N4O/c1-3-11-25(12-4-1)37-40-38(26-13-5-2-6-14-26)42-39(41-37)27-19-21-28(22-20-27)43-33-17-9-7-15-29(33)31-23-24-32-30-16-8-10-18-34(30)44-36(32)35(31)43/h1-5,7-13,15-24,39H,6,14H2,(H,40,41,42). The van der Waals surface area contributed by atoms with Crippen LogP contribution in [-0.4, -0.2) is 16.2 Å². The molecule has 0 spiro atoms. The summed E-state index contributed by atoms with van der Waals surface area (Å²) < 4.78 is 8.86. The van der Waals surface area contributed by atoms with Crippen LogP contribution in [0.1, 0.15) is 30.1 Å². The van der Waals surface area contributed by atoms with Crippen molar-refractivity contribution in [1.82, 2.24) is 9.88 Å². The van der Waals surface area contributed by atoms with Crippen molar-refractivity contribution in [2.24, 2.45) is 9.98 Å². The fraction of sp³-hybridized carbons (Fsp3) is 0.0769. The Kier molecular flexibility index (Phi) is 5.63. The molecule has 1 unspecified atom stereocenters. The number of hydrogen-bond donors (Lipinski definition) is 1. The van der Waals surface area contributed by atoms with Gasteiger partial charge in [-0.2, -0.15) is 0 Å². The lowest BCUT2D eigenvalue weighted by Gasteiger charge is -2.25. The lowest BCUT2D eigenvalue weighted by atomic mass is 10.0. The topological polar surface area (TPSA) is 54.8 Å². The summed E-state index contributed by atoms with van der Waals surface area (Å²) in [6.45, 7) is 0. The van der Waals surface area contributed by atoms with E-state index in [2.05, 4.69) is 113 Å². The Morgan fingerprint density at radius 2 is 1.50 bits per heavy atom. The summed E-state index contributed by atoms with van der Waals surface area (Å²) in [7, 11) is 0. The SMILES string of the molecule is C1=CCCC(C2=NC(c3ccccc3)=NC(c3ccc(-n4c5ccccc5c5ccc6c7ccccc7oc6c54)cc3)N2)=C1. The summed E-state index contributed by atoms with van der Waals surface area (Å²) in [6, 6.07) is 40.2. The largest absolute Gasteiger partial charge is 0.454 e. The Morgan fingerprint density at radius 1 is 0.727 bits per heavy atom. The minimum Gasteiger partial charge on any atom is -0.454 e. The molecule has 9 rings (SSSR count). The Hall–Kier alpha value is -5.68. The molecule has 2 aromatic heterocycles. The molecule has 0 bridgehead atoms. The molecule has 0 saturated heterocycles. The zero-order chi connectivity index (χ0) is 29.0. The zero-order valence-electron chi connectivity index (χ0n) is 23.9. The van der Waals surface area contributed by atoms with Crippen molar-refractivity contribution in [2.45, 2.75) is 19.0 Å². The Labute approximate surface area is 254 Å². The van der Waals surface area contributed by atoms with Crippen molar-refractivity contribution in [3.63, 3.8) is 0 Å². The van der Waals surface area contributed by atoms with E-state index in [1.807, 2.05) is 30.3 Å². The van der Waals surface area contributed by atoms with Gasteiger partial charge >= 0.3 is 0 Å². The van der Waals surface area contributed by atoms with Crippen molar-refractivity contribution in [2.75, 3.05) is 0 Å². The minimum atomic E-state index is -0.251. The van der Waals surface area contributed by atoms with E-state index in [0.29, 0.717) is 0 Å². The molecule has 0 saturated carbocycles. The number of nitrogens with one attached hydrogen (secondary N) is 1. The van der Waals surface area contributed by atoms with Crippen molar-refractivity contribution in [1.29, 1.82) is 0 Å². The molecule has 1 atom stereocenters. The first-order chi connectivity index (χ1) is 21.8. The predicted molar refractivity (Wildman–Crippen MR) is 181 cm³/mol. The highest BCUT2D eigenvalue weighted by Crippen LogP contribution is 2.40. The van der Waals surface area contributed by atoms with Gasteiger partial charge < -0.3 is 14.3 Å². The van der Waals surface area contributed by atoms with Crippen molar-refractivity contribution in [3.05, 3.63) is 150 Å². The maximum atomic E-state index is 6.53. The molecule has 210 valence electrons. The van der Waals surface area contributed by atoms with Crippen LogP contribution in [0.2, 0.25) is 0 Å². The van der Waals surface area contributed by atoms with Crippen LogP contribution in [0, 0.1) is 0 Å². The van der Waals surface area contributed by atoms with E-state index in [1.165, 1.54) is 16.3 Å². The first-order valence-corrected chi connectivity index (χ1v) is 15.1. The lowest BCUT2D eigenvalue weighted by molar-refractivity contribution is 0.669. The first kappa shape index (κ1) is 24.9. The molecule has 1 aliphatic heterocycles. The van der Waals surface area contributed by atoms with E-state index in [9.17, 15) is 0 Å². The molecule has 0 amide bonds. The van der Waals surface area contributed by atoms with E-state index < -0.39 is 0 Å². The molecular weight excluding hydrogens is 540 g/mol. The molecule has 7 aromatic rings. The van der Waals surface area contributed by atoms with Crippen LogP contribution in [0.15, 0.2) is 153 Å². The molecule has 2 aliphatic rings. The van der Waals surface area contributed by atoms with Gasteiger partial charge in [0, 0.05) is 32.8 Å². The second-order valence-corrected chi connectivity index (χ2v) is 11.4. The van der Waals surface area contributed by atoms with E-state index >= 15 is 0 Å². The molecule has 5 aromatic carbocycles. The number of aliphatic imine (C=N–C) groups is 2. The number of fused-ring (bicyclic) bond motifs is 7. The van der Waals surface area contributed by atoms with Crippen LogP contribution in [0.3, 0.4) is 0 Å². The fourth-order valence-electron chi connectivity index (χ4n) is 6.60. The van der Waals surface area contributed by atoms with Gasteiger partial charge in [-0.05, 0) is 54.3 Å². The molecule has 1 aliphatic carbocycles. The van der Waals surface area contributed by atoms with Crippen molar-refractivity contribution < 1.29 is 4.42 Å². The van der Waals surface area contributed by atoms with Gasteiger partial charge in [0.25, 0.3) is 0 Å². The zero-order valence-corrected chi connectivity index (χ0v) is 23.9. The molecule has 5 heteroatoms. The van der Waals surface area contributed by atoms with Gasteiger partial charge in [-0.3, -0.25) is 0 Å². The van der Waals surface area contributed by atoms with Crippen LogP contribution in [0.5, 0.6) is 0 Å². The fourth-order valence-corrected chi connectivity index (χ4v) is 6.60. The van der Waals surface area contributed by atoms with Gasteiger partial charge in [-0.25, -0.2) is 9.98 Å². The molecule has 0 radical (unpaired) electrons. The van der Waals surface area contributed by atoms with E-state index in [1.54, 1.807) is 0 Å². The monoisotopic (exact) mass is 568 g/mol. The third-order valence-electron chi connectivity index (χ3n) is 8.74. The highest BCUT2D eigenvalue weighted by Gasteiger charge is 2.23. The lowest BCUT2D eigenvalue weighted by Crippen LogP contribution is -2.34. The summed E-state index contributed by atoms with van der Waals surface area (Å²) in [5.41, 5.74) is 8.41. The van der Waals surface area contributed by atoms with Crippen LogP contribution >= 0.6 is 0 Å². The molecule has 0 fully saturated rings. The summed E-state index contributed by atoms with van der Waals surface area (Å²) in [5, 5.41) is 8.27. The average molecular weight is 569 g/mol. The molecular formula is C39H28N4O. The summed E-state index contributed by atoms with van der Waals surface area (Å²) in [6.07, 6.45) is 8.19. The normalized spacial score (nSPS) is 16.7. The van der Waals surface area contributed by atoms with Gasteiger partial charge in [0.15, 0.2) is 11.4 Å². The number of nitrogens with zero attached hydrogens (tertiary/aromatic N) is 3. The van der Waals surface area contributed by atoms with E-state index in [4.69, 9.17) is 14.4 Å². The summed E-state index contributed by atoms with van der Waals surface area (Å²) in [5.74, 6) is 1.64. The van der Waals surface area contributed by atoms with Crippen molar-refractivity contribution in [3.8, 4) is 5.69 Å². The Bertz CT molecular complexity index is 2350. The smallest absolute Gasteiger partial charge is 0.160 e. The summed E-state index contributed by atoms with van der Waals surface area (Å²) >= 11 is 0. The first-order valence-electron chi connectivity index (χ1n) is 15.1. The van der Waals surface area contributed by atoms with E-state index in [0.717, 1.165) is 74.3 Å². The maximum Gasteiger partial charge on any atom is 0.160 e. The van der Waals surface area contributed by atoms with Crippen LogP contribution in [0.25, 0.3) is 49.4 Å². The number of allylic oxidation sites excluding steroid dienone is 3. The number of benzene rings is 5. The number of rotatable bonds is 4. The van der Waals surface area contributed by atoms with Crippen LogP contribution in [0.4, 0.5) is 0 Å². The minimum absolute atomic E-state index is 0.251. The molecule has 3 heterocycles. The number of para-hydroxylation sites is 2. The average Bonchev–Trinajstić information content (AvgIpc) is 3.65. The molecule has 44 heavy (non-hydrogen) atoms. The maximum absolute atomic E-state index is 6.53. The summed E-state index contributed by atoms with van der Waals surface area (Å²) in [4.78, 5) is 10.0. The highest BCUT2D eigenvalue weighted by molar-refractivity contribution is 6.21. The van der Waals surface area contributed by atoms with Crippen LogP contribution in [-0.2, 0) is 0 Å². The van der Waals surface area contributed by atoms with Crippen LogP contribution < -0.4 is 5.32 Å². The Balaban J connectivity index is 1.18. The number of aromatic nitrogens is 1. The van der Waals surface area contributed by atoms with Gasteiger partial charge in [0.1, 0.15) is 17.6 Å². The Morgan fingerprint density at radius 3 is 2.34 bits per heavy atom. The number of hydrogen-bond acceptors (Lipinski definition) is 4. The second kappa shape index (κ2) is 9.96. The van der Waals surface area contributed by atoms with Gasteiger partial charge in [-0.15, -0.1) is 0 Å². The molecule has 1 N–H and O–H groups in total. The third-order valence-corrected chi connectivity index (χ3v) is 8.74. The highest BCUT2D eigenvalue weighted by atomic mass is 16.3. The number of furan rings is 1. The van der Waals surface area contributed by atoms with Gasteiger partial charge in [0.05, 0.1) is 11.0 Å². The van der Waals surface area contributed by atoms with Crippen molar-refractivity contribution >= 4 is 55.4 Å². The molecule has 5 nitrogen and oxygen atoms in total. The van der Waals surface area contributed by atoms with Gasteiger partial charge in [-0.1, -0.05) is 103 Å². The predicted octanol–water partition coefficient (Wildman–Crippen LogP) is 9.41. The number of amidine groups is 2. The van der Waals surface area contributed by atoms with E-state index in [-0.39, 0.29) is 6.17 Å². The van der Waals surface area contributed by atoms with Gasteiger partial charge in [0.2, 0.25) is 0 Å². The quantitative estimate of drug-likeness (QED) is 0.230. The second-order valence-electron chi connectivity index (χ2n) is 11.4. The third kappa shape index (κ3) is 3.93.